The normalized spacial score (nSPS) is 23.1. The Morgan fingerprint density at radius 2 is 1.56 bits per heavy atom. The van der Waals surface area contributed by atoms with Crippen molar-refractivity contribution in [1.29, 1.82) is 0 Å². The van der Waals surface area contributed by atoms with E-state index in [-0.39, 0.29) is 0 Å². The lowest BCUT2D eigenvalue weighted by Gasteiger charge is -2.30. The summed E-state index contributed by atoms with van der Waals surface area (Å²) in [6.07, 6.45) is 6.99. The molecular formula is C13H30I2N+. The molecule has 0 aromatic heterocycles. The first-order chi connectivity index (χ1) is 7.55. The maximum Gasteiger partial charge on any atom is 0.0810 e. The summed E-state index contributed by atoms with van der Waals surface area (Å²) in [6, 6.07) is 0. The van der Waals surface area contributed by atoms with Gasteiger partial charge in [0, 0.05) is 43.1 Å². The molecule has 0 saturated carbocycles. The summed E-state index contributed by atoms with van der Waals surface area (Å²) in [5.41, 5.74) is 0. The van der Waals surface area contributed by atoms with Gasteiger partial charge in [0.15, 0.2) is 0 Å². The fourth-order valence-electron chi connectivity index (χ4n) is 2.19. The van der Waals surface area contributed by atoms with E-state index in [2.05, 4.69) is 72.1 Å². The highest BCUT2D eigenvalue weighted by molar-refractivity contribution is 15.0. The van der Waals surface area contributed by atoms with Crippen LogP contribution in [0.15, 0.2) is 0 Å². The Hall–Kier alpha value is 1.42. The molecule has 16 heavy (non-hydrogen) atoms. The molecule has 0 N–H and O–H groups in total. The van der Waals surface area contributed by atoms with E-state index in [1.165, 1.54) is 49.7 Å². The van der Waals surface area contributed by atoms with Crippen molar-refractivity contribution in [2.45, 2.75) is 52.9 Å². The molecule has 0 aliphatic carbocycles. The van der Waals surface area contributed by atoms with Crippen LogP contribution in [0.5, 0.6) is 0 Å². The molecule has 0 radical (unpaired) electrons. The lowest BCUT2D eigenvalue weighted by atomic mass is 10.0. The molecule has 1 atom stereocenters. The molecule has 100 valence electrons. The van der Waals surface area contributed by atoms with Crippen molar-refractivity contribution in [1.82, 2.24) is 0 Å². The summed E-state index contributed by atoms with van der Waals surface area (Å²) < 4.78 is 1.25. The van der Waals surface area contributed by atoms with Gasteiger partial charge in [-0.2, -0.15) is 0 Å². The molecule has 1 unspecified atom stereocenters. The van der Waals surface area contributed by atoms with Crippen LogP contribution in [0.2, 0.25) is 0 Å². The van der Waals surface area contributed by atoms with E-state index in [0.29, 0.717) is 0 Å². The lowest BCUT2D eigenvalue weighted by molar-refractivity contribution is -0.892. The smallest absolute Gasteiger partial charge is 0.0810 e. The molecule has 1 fully saturated rings. The molecule has 0 aromatic carbocycles. The molecule has 0 amide bonds. The van der Waals surface area contributed by atoms with Gasteiger partial charge in [-0.1, -0.05) is 27.2 Å². The number of hydrogen-bond donors (Lipinski definition) is 0. The van der Waals surface area contributed by atoms with Crippen molar-refractivity contribution in [2.24, 2.45) is 5.92 Å². The molecule has 3 heteroatoms. The van der Waals surface area contributed by atoms with Gasteiger partial charge in [-0.15, -0.1) is 0 Å². The minimum Gasteiger partial charge on any atom is -0.328 e. The van der Waals surface area contributed by atoms with E-state index >= 15 is 0 Å². The summed E-state index contributed by atoms with van der Waals surface area (Å²) in [7, 11) is 4.74. The van der Waals surface area contributed by atoms with Crippen LogP contribution in [-0.2, 0) is 0 Å². The molecule has 1 aliphatic rings. The Kier molecular flexibility index (Phi) is 15.9. The van der Waals surface area contributed by atoms with Crippen LogP contribution >= 0.6 is 37.2 Å². The van der Waals surface area contributed by atoms with E-state index in [9.17, 15) is 0 Å². The van der Waals surface area contributed by atoms with Crippen molar-refractivity contribution >= 4 is 37.2 Å². The fraction of sp³-hybridized carbons (Fsp3) is 1.00. The summed E-state index contributed by atoms with van der Waals surface area (Å²) >= 11 is 4.24. The van der Waals surface area contributed by atoms with Gasteiger partial charge in [0.1, 0.15) is 0 Å². The summed E-state index contributed by atoms with van der Waals surface area (Å²) in [5.74, 6) is 0.993. The average Bonchev–Trinajstić information content (AvgIpc) is 2.43. The Balaban J connectivity index is 0. The monoisotopic (exact) mass is 454 g/mol. The van der Waals surface area contributed by atoms with Crippen LogP contribution in [0.25, 0.3) is 0 Å². The first-order valence-corrected chi connectivity index (χ1v) is 12.8. The van der Waals surface area contributed by atoms with Gasteiger partial charge in [-0.25, -0.2) is 0 Å². The third-order valence-electron chi connectivity index (χ3n) is 2.96. The average molecular weight is 454 g/mol. The van der Waals surface area contributed by atoms with Crippen LogP contribution in [-0.4, -0.2) is 31.7 Å². The Labute approximate surface area is 127 Å². The Morgan fingerprint density at radius 1 is 1.06 bits per heavy atom. The van der Waals surface area contributed by atoms with E-state index in [0.717, 1.165) is 5.92 Å². The highest BCUT2D eigenvalue weighted by Gasteiger charge is 2.23. The third kappa shape index (κ3) is 11.9. The first kappa shape index (κ1) is 19.8. The molecule has 0 aromatic rings. The predicted molar refractivity (Wildman–Crippen MR) is 93.5 cm³/mol. The van der Waals surface area contributed by atoms with Gasteiger partial charge in [-0.3, -0.25) is 0 Å². The Morgan fingerprint density at radius 3 is 2.00 bits per heavy atom. The van der Waals surface area contributed by atoms with E-state index in [4.69, 9.17) is 0 Å². The number of nitrogens with zero attached hydrogens (tertiary/aromatic N) is 1. The third-order valence-corrected chi connectivity index (χ3v) is 2.96. The van der Waals surface area contributed by atoms with Crippen molar-refractivity contribution in [2.75, 3.05) is 27.2 Å². The minimum absolute atomic E-state index is 0.993. The van der Waals surface area contributed by atoms with Crippen molar-refractivity contribution in [3.05, 3.63) is 0 Å². The lowest BCUT2D eigenvalue weighted by Crippen LogP contribution is -2.42. The van der Waals surface area contributed by atoms with Gasteiger partial charge >= 0.3 is 0 Å². The predicted octanol–water partition coefficient (Wildman–Crippen LogP) is 5.46. The number of quaternary nitrogens is 1. The second-order valence-corrected chi connectivity index (χ2v) is 5.32. The molecule has 1 aliphatic heterocycles. The zero-order chi connectivity index (χ0) is 13.0. The second-order valence-electron chi connectivity index (χ2n) is 5.32. The molecular weight excluding hydrogens is 424 g/mol. The van der Waals surface area contributed by atoms with Gasteiger partial charge in [0.25, 0.3) is 0 Å². The first-order valence-electron chi connectivity index (χ1n) is 6.52. The van der Waals surface area contributed by atoms with Crippen LogP contribution < -0.4 is 0 Å². The molecule has 0 spiro atoms. The zero-order valence-corrected chi connectivity index (χ0v) is 16.0. The van der Waals surface area contributed by atoms with Crippen molar-refractivity contribution in [3.63, 3.8) is 0 Å². The molecule has 0 bridgehead atoms. The molecule has 1 nitrogen and oxygen atoms in total. The topological polar surface area (TPSA) is 0 Å². The molecule has 1 saturated heterocycles. The summed E-state index contributed by atoms with van der Waals surface area (Å²) in [4.78, 5) is 0. The largest absolute Gasteiger partial charge is 0.328 e. The number of hydrogen-bond acceptors (Lipinski definition) is 0. The van der Waals surface area contributed by atoms with Gasteiger partial charge in [-0.05, 0) is 25.7 Å². The number of rotatable bonds is 1. The number of likely N-dealkylation sites (tertiary alicyclic amines) is 1. The standard InChI is InChI=1S/C10H22N.C3H8.I2/c1-4-10-7-5-6-8-11(2,3)9-10;1-3-2;1-2/h10H,4-9H2,1-3H3;3H2,1-2H3;/q+1;;. The molecule has 1 heterocycles. The fourth-order valence-corrected chi connectivity index (χ4v) is 2.19. The SMILES string of the molecule is CCC.CCC1CCCC[N+](C)(C)C1.II. The van der Waals surface area contributed by atoms with Crippen molar-refractivity contribution < 1.29 is 4.48 Å². The minimum atomic E-state index is 0.993. The zero-order valence-electron chi connectivity index (χ0n) is 11.7. The summed E-state index contributed by atoms with van der Waals surface area (Å²) in [6.45, 7) is 9.36. The van der Waals surface area contributed by atoms with Gasteiger partial charge in [0.2, 0.25) is 0 Å². The molecule has 1 rings (SSSR count). The van der Waals surface area contributed by atoms with E-state index in [1.54, 1.807) is 0 Å². The van der Waals surface area contributed by atoms with E-state index in [1.807, 2.05) is 0 Å². The summed E-state index contributed by atoms with van der Waals surface area (Å²) in [5, 5.41) is 0. The maximum atomic E-state index is 2.37. The van der Waals surface area contributed by atoms with Gasteiger partial charge < -0.3 is 4.48 Å². The van der Waals surface area contributed by atoms with Crippen LogP contribution in [0.1, 0.15) is 52.9 Å². The highest BCUT2D eigenvalue weighted by Crippen LogP contribution is 2.21. The van der Waals surface area contributed by atoms with Crippen LogP contribution in [0.3, 0.4) is 0 Å². The van der Waals surface area contributed by atoms with Crippen LogP contribution in [0, 0.1) is 5.92 Å². The van der Waals surface area contributed by atoms with Crippen molar-refractivity contribution in [3.8, 4) is 0 Å². The highest BCUT2D eigenvalue weighted by atomic mass is 128. The Bertz CT molecular complexity index is 138. The van der Waals surface area contributed by atoms with Gasteiger partial charge in [0.05, 0.1) is 27.2 Å². The second kappa shape index (κ2) is 12.9. The van der Waals surface area contributed by atoms with E-state index < -0.39 is 0 Å². The van der Waals surface area contributed by atoms with Crippen LogP contribution in [0.4, 0.5) is 0 Å². The quantitative estimate of drug-likeness (QED) is 0.365. The maximum absolute atomic E-state index is 2.37. The number of halogens is 2.